The lowest BCUT2D eigenvalue weighted by Crippen LogP contribution is -2.51. The van der Waals surface area contributed by atoms with Crippen molar-refractivity contribution in [1.29, 1.82) is 0 Å². The zero-order valence-electron chi connectivity index (χ0n) is 11.4. The summed E-state index contributed by atoms with van der Waals surface area (Å²) in [5.74, 6) is 0.0555. The quantitative estimate of drug-likeness (QED) is 0.592. The average molecular weight is 246 g/mol. The van der Waals surface area contributed by atoms with E-state index in [1.54, 1.807) is 6.92 Å². The molecule has 3 nitrogen and oxygen atoms in total. The van der Waals surface area contributed by atoms with Crippen LogP contribution in [0.5, 0.6) is 0 Å². The fourth-order valence-electron chi connectivity index (χ4n) is 2.37. The Hall–Kier alpha value is -1.13. The molecule has 1 unspecified atom stereocenters. The molecule has 1 atom stereocenters. The van der Waals surface area contributed by atoms with Gasteiger partial charge in [-0.3, -0.25) is 4.79 Å². The fourth-order valence-corrected chi connectivity index (χ4v) is 2.37. The number of rotatable bonds is 2. The van der Waals surface area contributed by atoms with Gasteiger partial charge in [0.15, 0.2) is 5.78 Å². The van der Waals surface area contributed by atoms with E-state index < -0.39 is 0 Å². The van der Waals surface area contributed by atoms with Crippen LogP contribution in [-0.4, -0.2) is 24.6 Å². The third kappa shape index (κ3) is 3.00. The largest absolute Gasteiger partial charge is 0.494 e. The van der Waals surface area contributed by atoms with Crippen LogP contribution in [0.25, 0.3) is 0 Å². The monoisotopic (exact) mass is 246 g/mol. The van der Waals surface area contributed by atoms with Crippen molar-refractivity contribution in [2.24, 2.45) is 0 Å². The van der Waals surface area contributed by atoms with Gasteiger partial charge in [-0.1, -0.05) is 24.3 Å². The summed E-state index contributed by atoms with van der Waals surface area (Å²) in [6, 6.07) is 7.46. The molecule has 0 aliphatic carbocycles. The number of carbonyl (C=O) groups is 1. The van der Waals surface area contributed by atoms with Gasteiger partial charge < -0.3 is 9.31 Å². The summed E-state index contributed by atoms with van der Waals surface area (Å²) in [6.07, 6.45) is 1.02. The molecular formula is C14H19BO3. The molecule has 1 aromatic rings. The van der Waals surface area contributed by atoms with Crippen LogP contribution in [0.4, 0.5) is 0 Å². The molecule has 2 rings (SSSR count). The number of benzene rings is 1. The predicted molar refractivity (Wildman–Crippen MR) is 72.2 cm³/mol. The van der Waals surface area contributed by atoms with Crippen LogP contribution in [0.1, 0.15) is 44.5 Å². The van der Waals surface area contributed by atoms with Crippen LogP contribution >= 0.6 is 0 Å². The molecule has 1 aliphatic rings. The lowest BCUT2D eigenvalue weighted by atomic mass is 9.74. The van der Waals surface area contributed by atoms with E-state index >= 15 is 0 Å². The predicted octanol–water partition coefficient (Wildman–Crippen LogP) is 2.19. The maximum Gasteiger partial charge on any atom is 0.494 e. The van der Waals surface area contributed by atoms with Gasteiger partial charge in [-0.15, -0.1) is 0 Å². The van der Waals surface area contributed by atoms with E-state index in [9.17, 15) is 4.79 Å². The molecule has 1 aromatic carbocycles. The lowest BCUT2D eigenvalue weighted by molar-refractivity contribution is -0.0229. The Balaban J connectivity index is 2.25. The van der Waals surface area contributed by atoms with Crippen molar-refractivity contribution in [3.8, 4) is 0 Å². The molecule has 1 aliphatic heterocycles. The van der Waals surface area contributed by atoms with Crippen LogP contribution in [0, 0.1) is 0 Å². The minimum absolute atomic E-state index is 0.0555. The third-order valence-corrected chi connectivity index (χ3v) is 3.13. The lowest BCUT2D eigenvalue weighted by Gasteiger charge is -2.38. The molecule has 0 amide bonds. The van der Waals surface area contributed by atoms with Crippen LogP contribution in [0.2, 0.25) is 0 Å². The first-order chi connectivity index (χ1) is 8.37. The van der Waals surface area contributed by atoms with E-state index in [0.29, 0.717) is 5.56 Å². The molecule has 4 heteroatoms. The Morgan fingerprint density at radius 3 is 2.78 bits per heavy atom. The SMILES string of the molecule is CC(=O)c1cccc(B2OC(C)CC(C)(C)O2)c1. The number of Topliss-reactive ketones (excluding diaryl/α,β-unsaturated/α-hetero) is 1. The highest BCUT2D eigenvalue weighted by atomic mass is 16.6. The van der Waals surface area contributed by atoms with E-state index in [4.69, 9.17) is 9.31 Å². The van der Waals surface area contributed by atoms with Crippen molar-refractivity contribution in [3.63, 3.8) is 0 Å². The standard InChI is InChI=1S/C14H19BO3/c1-10-9-14(3,4)18-15(17-10)13-7-5-6-12(8-13)11(2)16/h5-8,10H,9H2,1-4H3. The summed E-state index contributed by atoms with van der Waals surface area (Å²) < 4.78 is 11.7. The smallest absolute Gasteiger partial charge is 0.405 e. The van der Waals surface area contributed by atoms with E-state index in [2.05, 4.69) is 13.8 Å². The van der Waals surface area contributed by atoms with Gasteiger partial charge in [-0.25, -0.2) is 0 Å². The number of hydrogen-bond donors (Lipinski definition) is 0. The summed E-state index contributed by atoms with van der Waals surface area (Å²) in [5, 5.41) is 0. The van der Waals surface area contributed by atoms with Crippen molar-refractivity contribution >= 4 is 18.4 Å². The minimum atomic E-state index is -0.386. The topological polar surface area (TPSA) is 35.5 Å². The van der Waals surface area contributed by atoms with Crippen LogP contribution in [0.15, 0.2) is 24.3 Å². The van der Waals surface area contributed by atoms with E-state index in [0.717, 1.165) is 11.9 Å². The molecule has 1 saturated heterocycles. The first-order valence-electron chi connectivity index (χ1n) is 6.31. The van der Waals surface area contributed by atoms with Gasteiger partial charge in [0.25, 0.3) is 0 Å². The molecule has 0 N–H and O–H groups in total. The molecule has 96 valence electrons. The summed E-state index contributed by atoms with van der Waals surface area (Å²) >= 11 is 0. The van der Waals surface area contributed by atoms with Crippen molar-refractivity contribution in [3.05, 3.63) is 29.8 Å². The highest BCUT2D eigenvalue weighted by Gasteiger charge is 2.38. The Kier molecular flexibility index (Phi) is 3.60. The Labute approximate surface area is 109 Å². The third-order valence-electron chi connectivity index (χ3n) is 3.13. The molecular weight excluding hydrogens is 227 g/mol. The minimum Gasteiger partial charge on any atom is -0.405 e. The molecule has 0 spiro atoms. The molecule has 0 saturated carbocycles. The Morgan fingerprint density at radius 1 is 1.44 bits per heavy atom. The van der Waals surface area contributed by atoms with Gasteiger partial charge in [0.05, 0.1) is 5.60 Å². The Bertz CT molecular complexity index is 456. The second-order valence-electron chi connectivity index (χ2n) is 5.54. The molecule has 0 aromatic heterocycles. The highest BCUT2D eigenvalue weighted by Crippen LogP contribution is 2.25. The van der Waals surface area contributed by atoms with Crippen LogP contribution in [-0.2, 0) is 9.31 Å². The van der Waals surface area contributed by atoms with E-state index in [1.165, 1.54) is 0 Å². The average Bonchev–Trinajstić information content (AvgIpc) is 2.26. The highest BCUT2D eigenvalue weighted by molar-refractivity contribution is 6.61. The van der Waals surface area contributed by atoms with Gasteiger partial charge in [-0.05, 0) is 39.6 Å². The number of ketones is 1. The van der Waals surface area contributed by atoms with Crippen molar-refractivity contribution in [1.82, 2.24) is 0 Å². The van der Waals surface area contributed by atoms with Gasteiger partial charge in [0.2, 0.25) is 0 Å². The summed E-state index contributed by atoms with van der Waals surface area (Å²) in [4.78, 5) is 11.4. The van der Waals surface area contributed by atoms with Gasteiger partial charge in [0, 0.05) is 11.7 Å². The van der Waals surface area contributed by atoms with Gasteiger partial charge >= 0.3 is 7.12 Å². The summed E-state index contributed by atoms with van der Waals surface area (Å²) in [7, 11) is -0.386. The molecule has 18 heavy (non-hydrogen) atoms. The maximum atomic E-state index is 11.4. The zero-order valence-corrected chi connectivity index (χ0v) is 11.4. The zero-order chi connectivity index (χ0) is 13.3. The Morgan fingerprint density at radius 2 is 2.17 bits per heavy atom. The molecule has 1 fully saturated rings. The number of carbonyl (C=O) groups excluding carboxylic acids is 1. The first-order valence-corrected chi connectivity index (χ1v) is 6.31. The maximum absolute atomic E-state index is 11.4. The normalized spacial score (nSPS) is 22.9. The summed E-state index contributed by atoms with van der Waals surface area (Å²) in [5.41, 5.74) is 1.40. The van der Waals surface area contributed by atoms with Crippen molar-refractivity contribution in [2.45, 2.75) is 45.8 Å². The van der Waals surface area contributed by atoms with Crippen LogP contribution in [0.3, 0.4) is 0 Å². The van der Waals surface area contributed by atoms with Gasteiger partial charge in [-0.2, -0.15) is 0 Å². The van der Waals surface area contributed by atoms with E-state index in [1.807, 2.05) is 31.2 Å². The second kappa shape index (κ2) is 4.86. The molecule has 0 bridgehead atoms. The fraction of sp³-hybridized carbons (Fsp3) is 0.500. The van der Waals surface area contributed by atoms with Crippen LogP contribution < -0.4 is 5.46 Å². The van der Waals surface area contributed by atoms with Gasteiger partial charge in [0.1, 0.15) is 0 Å². The van der Waals surface area contributed by atoms with E-state index in [-0.39, 0.29) is 24.6 Å². The summed E-state index contributed by atoms with van der Waals surface area (Å²) in [6.45, 7) is 7.74. The number of hydrogen-bond acceptors (Lipinski definition) is 3. The molecule has 1 heterocycles. The molecule has 0 radical (unpaired) electrons. The first kappa shape index (κ1) is 13.3. The van der Waals surface area contributed by atoms with Crippen molar-refractivity contribution in [2.75, 3.05) is 0 Å². The van der Waals surface area contributed by atoms with Crippen molar-refractivity contribution < 1.29 is 14.1 Å². The second-order valence-corrected chi connectivity index (χ2v) is 5.54.